The molecule has 90 valence electrons. The minimum absolute atomic E-state index is 0.0675. The Balaban J connectivity index is 1.59. The SMILES string of the molecule is O=C1C2CC(CN1CCc1cccc(O)c1)N2. The number of carbonyl (C=O) groups is 1. The molecular weight excluding hydrogens is 216 g/mol. The van der Waals surface area contributed by atoms with Crippen molar-refractivity contribution in [2.24, 2.45) is 0 Å². The first-order valence-corrected chi connectivity index (χ1v) is 6.05. The predicted molar refractivity (Wildman–Crippen MR) is 63.7 cm³/mol. The molecule has 0 saturated carbocycles. The zero-order valence-corrected chi connectivity index (χ0v) is 9.60. The van der Waals surface area contributed by atoms with Gasteiger partial charge in [0.15, 0.2) is 0 Å². The largest absolute Gasteiger partial charge is 0.508 e. The number of piperidine rings is 1. The highest BCUT2D eigenvalue weighted by Gasteiger charge is 2.42. The number of nitrogens with one attached hydrogen (secondary N) is 1. The Bertz CT molecular complexity index is 441. The standard InChI is InChI=1S/C13H16N2O2/c16-11-3-1-2-9(6-11)4-5-15-8-10-7-12(14-10)13(15)17/h1-3,6,10,12,14,16H,4-5,7-8H2. The maximum absolute atomic E-state index is 11.9. The third-order valence-corrected chi connectivity index (χ3v) is 3.59. The third-order valence-electron chi connectivity index (χ3n) is 3.59. The smallest absolute Gasteiger partial charge is 0.239 e. The van der Waals surface area contributed by atoms with E-state index in [-0.39, 0.29) is 17.7 Å². The summed E-state index contributed by atoms with van der Waals surface area (Å²) in [7, 11) is 0. The Morgan fingerprint density at radius 2 is 2.29 bits per heavy atom. The van der Waals surface area contributed by atoms with Gasteiger partial charge < -0.3 is 15.3 Å². The van der Waals surface area contributed by atoms with E-state index >= 15 is 0 Å². The van der Waals surface area contributed by atoms with Gasteiger partial charge in [0.1, 0.15) is 5.75 Å². The van der Waals surface area contributed by atoms with Crippen molar-refractivity contribution in [3.63, 3.8) is 0 Å². The number of piperazine rings is 1. The molecule has 2 bridgehead atoms. The molecular formula is C13H16N2O2. The van der Waals surface area contributed by atoms with Gasteiger partial charge in [-0.15, -0.1) is 0 Å². The van der Waals surface area contributed by atoms with E-state index in [4.69, 9.17) is 0 Å². The van der Waals surface area contributed by atoms with Gasteiger partial charge in [-0.05, 0) is 30.5 Å². The van der Waals surface area contributed by atoms with Gasteiger partial charge in [0, 0.05) is 19.1 Å². The summed E-state index contributed by atoms with van der Waals surface area (Å²) in [6.45, 7) is 1.57. The lowest BCUT2D eigenvalue weighted by molar-refractivity contribution is -0.142. The second kappa shape index (κ2) is 4.04. The Labute approximate surface area is 100 Å². The fraction of sp³-hybridized carbons (Fsp3) is 0.462. The van der Waals surface area contributed by atoms with E-state index < -0.39 is 0 Å². The summed E-state index contributed by atoms with van der Waals surface area (Å²) in [6.07, 6.45) is 1.81. The maximum Gasteiger partial charge on any atom is 0.239 e. The highest BCUT2D eigenvalue weighted by atomic mass is 16.3. The fourth-order valence-corrected chi connectivity index (χ4v) is 2.60. The van der Waals surface area contributed by atoms with Gasteiger partial charge in [0.2, 0.25) is 5.91 Å². The number of carbonyl (C=O) groups excluding carboxylic acids is 1. The molecule has 0 aliphatic carbocycles. The van der Waals surface area contributed by atoms with Crippen LogP contribution in [0.1, 0.15) is 12.0 Å². The van der Waals surface area contributed by atoms with Crippen LogP contribution >= 0.6 is 0 Å². The molecule has 0 spiro atoms. The molecule has 1 aromatic rings. The van der Waals surface area contributed by atoms with Gasteiger partial charge in [0.25, 0.3) is 0 Å². The number of hydrogen-bond donors (Lipinski definition) is 2. The van der Waals surface area contributed by atoms with Crippen LogP contribution in [0.5, 0.6) is 5.75 Å². The van der Waals surface area contributed by atoms with Crippen molar-refractivity contribution in [1.29, 1.82) is 0 Å². The third kappa shape index (κ3) is 2.00. The van der Waals surface area contributed by atoms with Crippen molar-refractivity contribution in [3.8, 4) is 5.75 Å². The van der Waals surface area contributed by atoms with Crippen LogP contribution in [0, 0.1) is 0 Å². The first kappa shape index (κ1) is 10.6. The lowest BCUT2D eigenvalue weighted by Gasteiger charge is -2.47. The summed E-state index contributed by atoms with van der Waals surface area (Å²) >= 11 is 0. The number of nitrogens with zero attached hydrogens (tertiary/aromatic N) is 1. The monoisotopic (exact) mass is 232 g/mol. The van der Waals surface area contributed by atoms with Crippen LogP contribution < -0.4 is 5.32 Å². The van der Waals surface area contributed by atoms with E-state index in [0.717, 1.165) is 31.5 Å². The van der Waals surface area contributed by atoms with Crippen molar-refractivity contribution < 1.29 is 9.90 Å². The molecule has 17 heavy (non-hydrogen) atoms. The molecule has 3 saturated heterocycles. The molecule has 1 amide bonds. The number of fused-ring (bicyclic) bond motifs is 2. The van der Waals surface area contributed by atoms with E-state index in [0.29, 0.717) is 6.04 Å². The van der Waals surface area contributed by atoms with Crippen LogP contribution in [0.15, 0.2) is 24.3 Å². The molecule has 4 nitrogen and oxygen atoms in total. The Morgan fingerprint density at radius 3 is 3.00 bits per heavy atom. The van der Waals surface area contributed by atoms with Crippen LogP contribution in [0.2, 0.25) is 0 Å². The van der Waals surface area contributed by atoms with Crippen molar-refractivity contribution in [1.82, 2.24) is 10.2 Å². The summed E-state index contributed by atoms with van der Waals surface area (Å²) in [6, 6.07) is 7.80. The van der Waals surface area contributed by atoms with Gasteiger partial charge in [-0.1, -0.05) is 12.1 Å². The first-order valence-electron chi connectivity index (χ1n) is 6.05. The molecule has 3 aliphatic heterocycles. The maximum atomic E-state index is 11.9. The number of aromatic hydroxyl groups is 1. The molecule has 0 radical (unpaired) electrons. The molecule has 2 N–H and O–H groups in total. The summed E-state index contributed by atoms with van der Waals surface area (Å²) < 4.78 is 0. The van der Waals surface area contributed by atoms with E-state index in [1.807, 2.05) is 17.0 Å². The van der Waals surface area contributed by atoms with Crippen LogP contribution in [-0.2, 0) is 11.2 Å². The van der Waals surface area contributed by atoms with E-state index in [1.165, 1.54) is 0 Å². The van der Waals surface area contributed by atoms with E-state index in [1.54, 1.807) is 12.1 Å². The predicted octanol–water partition coefficient (Wildman–Crippen LogP) is 0.507. The molecule has 3 fully saturated rings. The lowest BCUT2D eigenvalue weighted by atomic mass is 9.90. The summed E-state index contributed by atoms with van der Waals surface area (Å²) in [4.78, 5) is 13.8. The summed E-state index contributed by atoms with van der Waals surface area (Å²) in [5.41, 5.74) is 1.07. The number of benzene rings is 1. The van der Waals surface area contributed by atoms with Crippen LogP contribution in [0.4, 0.5) is 0 Å². The second-order valence-electron chi connectivity index (χ2n) is 4.86. The molecule has 3 heterocycles. The van der Waals surface area contributed by atoms with Gasteiger partial charge in [0.05, 0.1) is 6.04 Å². The number of hydrogen-bond acceptors (Lipinski definition) is 3. The molecule has 4 heteroatoms. The molecule has 3 aliphatic rings. The minimum Gasteiger partial charge on any atom is -0.508 e. The molecule has 2 unspecified atom stereocenters. The topological polar surface area (TPSA) is 52.6 Å². The zero-order valence-electron chi connectivity index (χ0n) is 9.60. The van der Waals surface area contributed by atoms with Crippen LogP contribution in [0.3, 0.4) is 0 Å². The van der Waals surface area contributed by atoms with E-state index in [2.05, 4.69) is 5.32 Å². The molecule has 4 rings (SSSR count). The Hall–Kier alpha value is -1.55. The number of rotatable bonds is 3. The highest BCUT2D eigenvalue weighted by Crippen LogP contribution is 2.22. The second-order valence-corrected chi connectivity index (χ2v) is 4.86. The van der Waals surface area contributed by atoms with Crippen LogP contribution in [-0.4, -0.2) is 41.1 Å². The van der Waals surface area contributed by atoms with Crippen molar-refractivity contribution >= 4 is 5.91 Å². The average Bonchev–Trinajstić information content (AvgIpc) is 2.26. The van der Waals surface area contributed by atoms with Gasteiger partial charge in [-0.2, -0.15) is 0 Å². The lowest BCUT2D eigenvalue weighted by Crippen LogP contribution is -2.69. The molecule has 2 atom stereocenters. The fourth-order valence-electron chi connectivity index (χ4n) is 2.60. The van der Waals surface area contributed by atoms with Gasteiger partial charge >= 0.3 is 0 Å². The number of phenols is 1. The number of amides is 1. The quantitative estimate of drug-likeness (QED) is 0.798. The molecule has 0 aromatic heterocycles. The Kier molecular flexibility index (Phi) is 2.52. The van der Waals surface area contributed by atoms with Crippen molar-refractivity contribution in [2.45, 2.75) is 24.9 Å². The Morgan fingerprint density at radius 1 is 1.47 bits per heavy atom. The minimum atomic E-state index is 0.0675. The summed E-state index contributed by atoms with van der Waals surface area (Å²) in [5.74, 6) is 0.518. The molecule has 1 aromatic carbocycles. The van der Waals surface area contributed by atoms with Gasteiger partial charge in [-0.3, -0.25) is 4.79 Å². The van der Waals surface area contributed by atoms with E-state index in [9.17, 15) is 9.90 Å². The van der Waals surface area contributed by atoms with Gasteiger partial charge in [-0.25, -0.2) is 0 Å². The van der Waals surface area contributed by atoms with Crippen LogP contribution in [0.25, 0.3) is 0 Å². The van der Waals surface area contributed by atoms with Crippen molar-refractivity contribution in [2.75, 3.05) is 13.1 Å². The van der Waals surface area contributed by atoms with Crippen molar-refractivity contribution in [3.05, 3.63) is 29.8 Å². The number of phenolic OH excluding ortho intramolecular Hbond substituents is 1. The first-order chi connectivity index (χ1) is 8.22. The average molecular weight is 232 g/mol. The highest BCUT2D eigenvalue weighted by molar-refractivity contribution is 5.84. The zero-order chi connectivity index (χ0) is 11.8. The normalized spacial score (nSPS) is 26.8. The summed E-state index contributed by atoms with van der Waals surface area (Å²) in [5, 5.41) is 12.6.